The second-order valence-electron chi connectivity index (χ2n) is 16.9. The Hall–Kier alpha value is -6.22. The maximum atomic E-state index is 12.3. The van der Waals surface area contributed by atoms with E-state index in [1.807, 2.05) is 85.8 Å². The van der Waals surface area contributed by atoms with Gasteiger partial charge in [-0.3, -0.25) is 0 Å². The van der Waals surface area contributed by atoms with Gasteiger partial charge in [-0.25, -0.2) is 0 Å². The van der Waals surface area contributed by atoms with Crippen molar-refractivity contribution in [2.45, 2.75) is 99.5 Å². The Labute approximate surface area is 345 Å². The quantitative estimate of drug-likeness (QED) is 0.0566. The highest BCUT2D eigenvalue weighted by Gasteiger charge is 2.43. The third kappa shape index (κ3) is 7.98. The minimum absolute atomic E-state index is 0.0447. The SMILES string of the molecule is CC(C)=CCc1cc(-c2oc3c(CC=C(C)C)c(O)c(O)cc3c2Cc2cc3c(c(CC=C(C)C)c2O)OC2c4cc(CC=C(C)C)c(O)cc4OCC32)c(O)cc1O. The molecule has 0 fully saturated rings. The summed E-state index contributed by atoms with van der Waals surface area (Å²) in [6, 6.07) is 10.0. The molecule has 2 aliphatic heterocycles. The van der Waals surface area contributed by atoms with Crippen molar-refractivity contribution in [3.8, 4) is 57.3 Å². The highest BCUT2D eigenvalue weighted by molar-refractivity contribution is 5.94. The van der Waals surface area contributed by atoms with Crippen LogP contribution in [0.1, 0.15) is 112 Å². The molecule has 5 aromatic rings. The lowest BCUT2D eigenvalue weighted by Crippen LogP contribution is -2.23. The van der Waals surface area contributed by atoms with Crippen LogP contribution in [0.15, 0.2) is 87.4 Å². The van der Waals surface area contributed by atoms with Gasteiger partial charge in [-0.1, -0.05) is 46.6 Å². The first-order chi connectivity index (χ1) is 28.0. The molecular weight excluding hydrogens is 745 g/mol. The number of phenolic OH excluding ortho intramolecular Hbond substituents is 6. The number of hydrogen-bond acceptors (Lipinski definition) is 9. The highest BCUT2D eigenvalue weighted by Crippen LogP contribution is 2.56. The molecule has 0 radical (unpaired) electrons. The standard InChI is InChI=1S/C50H54O9/c1-25(2)9-13-29-17-37(42(53)22-40(29)51)49-34(36-21-43(54)46(56)33(48(36)58-49)16-12-28(7)8)19-31-20-35-39-24-57-44-23-41(52)30(14-10-26(3)4)18-38(44)50(39)59-47(35)32(45(31)55)15-11-27(5)6/h9-12,17-18,20-23,39,50-56H,13-16,19,24H2,1-8H3. The van der Waals surface area contributed by atoms with E-state index in [0.717, 1.165) is 39.0 Å². The maximum Gasteiger partial charge on any atom is 0.164 e. The molecule has 0 saturated heterocycles. The number of furan rings is 1. The lowest BCUT2D eigenvalue weighted by molar-refractivity contribution is 0.138. The molecule has 7 rings (SSSR count). The van der Waals surface area contributed by atoms with Gasteiger partial charge in [-0.05, 0) is 122 Å². The molecule has 0 amide bonds. The smallest absolute Gasteiger partial charge is 0.164 e. The van der Waals surface area contributed by atoms with Crippen molar-refractivity contribution in [1.82, 2.24) is 0 Å². The maximum absolute atomic E-state index is 12.3. The van der Waals surface area contributed by atoms with Crippen molar-refractivity contribution in [2.24, 2.45) is 0 Å². The Morgan fingerprint density at radius 3 is 1.80 bits per heavy atom. The summed E-state index contributed by atoms with van der Waals surface area (Å²) in [6.45, 7) is 16.2. The van der Waals surface area contributed by atoms with Gasteiger partial charge in [0.25, 0.3) is 0 Å². The normalized spacial score (nSPS) is 15.1. The summed E-state index contributed by atoms with van der Waals surface area (Å²) in [6.07, 6.45) is 9.34. The van der Waals surface area contributed by atoms with E-state index >= 15 is 0 Å². The Bertz CT molecular complexity index is 2600. The molecule has 9 heteroatoms. The second kappa shape index (κ2) is 16.2. The Balaban J connectivity index is 1.43. The zero-order chi connectivity index (χ0) is 42.4. The molecule has 0 bridgehead atoms. The van der Waals surface area contributed by atoms with E-state index in [-0.39, 0.29) is 59.0 Å². The predicted octanol–water partition coefficient (Wildman–Crippen LogP) is 11.6. The molecule has 308 valence electrons. The number of hydrogen-bond donors (Lipinski definition) is 6. The number of ether oxygens (including phenoxy) is 2. The fraction of sp³-hybridized carbons (Fsp3) is 0.320. The largest absolute Gasteiger partial charge is 0.508 e. The molecule has 0 saturated carbocycles. The molecule has 59 heavy (non-hydrogen) atoms. The molecule has 2 aliphatic rings. The topological polar surface area (TPSA) is 153 Å². The summed E-state index contributed by atoms with van der Waals surface area (Å²) in [7, 11) is 0. The van der Waals surface area contributed by atoms with Gasteiger partial charge in [-0.15, -0.1) is 0 Å². The summed E-state index contributed by atoms with van der Waals surface area (Å²) in [5.74, 6) is 0.513. The van der Waals surface area contributed by atoms with Crippen LogP contribution in [0.5, 0.6) is 46.0 Å². The molecule has 0 spiro atoms. The van der Waals surface area contributed by atoms with Gasteiger partial charge < -0.3 is 44.5 Å². The minimum Gasteiger partial charge on any atom is -0.508 e. The van der Waals surface area contributed by atoms with Gasteiger partial charge in [0.2, 0.25) is 0 Å². The van der Waals surface area contributed by atoms with Crippen molar-refractivity contribution in [1.29, 1.82) is 0 Å². The molecule has 9 nitrogen and oxygen atoms in total. The Kier molecular flexibility index (Phi) is 11.2. The van der Waals surface area contributed by atoms with Gasteiger partial charge in [0.15, 0.2) is 11.5 Å². The molecule has 2 atom stereocenters. The van der Waals surface area contributed by atoms with Crippen molar-refractivity contribution >= 4 is 11.0 Å². The van der Waals surface area contributed by atoms with Gasteiger partial charge in [0.05, 0.1) is 18.1 Å². The van der Waals surface area contributed by atoms with E-state index in [4.69, 9.17) is 13.9 Å². The first-order valence-corrected chi connectivity index (χ1v) is 20.1. The van der Waals surface area contributed by atoms with Crippen LogP contribution in [0, 0.1) is 0 Å². The zero-order valence-electron chi connectivity index (χ0n) is 35.1. The number of benzene rings is 4. The van der Waals surface area contributed by atoms with E-state index in [9.17, 15) is 30.6 Å². The second-order valence-corrected chi connectivity index (χ2v) is 16.9. The van der Waals surface area contributed by atoms with E-state index in [1.54, 1.807) is 12.1 Å². The summed E-state index contributed by atoms with van der Waals surface area (Å²) < 4.78 is 19.8. The molecule has 6 N–H and O–H groups in total. The third-order valence-electron chi connectivity index (χ3n) is 11.2. The Morgan fingerprint density at radius 2 is 1.15 bits per heavy atom. The summed E-state index contributed by atoms with van der Waals surface area (Å²) in [4.78, 5) is 0. The average molecular weight is 799 g/mol. The van der Waals surface area contributed by atoms with Crippen molar-refractivity contribution in [2.75, 3.05) is 6.61 Å². The van der Waals surface area contributed by atoms with Crippen molar-refractivity contribution in [3.05, 3.63) is 128 Å². The molecular formula is C50H54O9. The number of phenols is 6. The molecule has 3 heterocycles. The number of allylic oxidation sites excluding steroid dienone is 8. The number of fused-ring (bicyclic) bond motifs is 6. The number of rotatable bonds is 11. The molecule has 0 aliphatic carbocycles. The minimum atomic E-state index is -0.420. The Morgan fingerprint density at radius 1 is 0.576 bits per heavy atom. The lowest BCUT2D eigenvalue weighted by atomic mass is 9.85. The molecule has 1 aromatic heterocycles. The predicted molar refractivity (Wildman–Crippen MR) is 231 cm³/mol. The van der Waals surface area contributed by atoms with Gasteiger partial charge in [0.1, 0.15) is 51.9 Å². The van der Waals surface area contributed by atoms with Crippen LogP contribution < -0.4 is 9.47 Å². The van der Waals surface area contributed by atoms with Crippen LogP contribution in [0.3, 0.4) is 0 Å². The van der Waals surface area contributed by atoms with Crippen LogP contribution >= 0.6 is 0 Å². The average Bonchev–Trinajstić information content (AvgIpc) is 3.71. The molecule has 2 unspecified atom stereocenters. The van der Waals surface area contributed by atoms with E-state index in [0.29, 0.717) is 81.7 Å². The van der Waals surface area contributed by atoms with Crippen LogP contribution in [0.4, 0.5) is 0 Å². The van der Waals surface area contributed by atoms with Crippen LogP contribution in [0.25, 0.3) is 22.3 Å². The number of aromatic hydroxyl groups is 6. The van der Waals surface area contributed by atoms with Crippen LogP contribution in [-0.4, -0.2) is 37.2 Å². The summed E-state index contributed by atoms with van der Waals surface area (Å²) in [5, 5.41) is 68.3. The van der Waals surface area contributed by atoms with E-state index in [2.05, 4.69) is 6.08 Å². The molecule has 4 aromatic carbocycles. The fourth-order valence-corrected chi connectivity index (χ4v) is 7.99. The summed E-state index contributed by atoms with van der Waals surface area (Å²) in [5.41, 5.74) is 10.1. The lowest BCUT2D eigenvalue weighted by Gasteiger charge is -2.28. The third-order valence-corrected chi connectivity index (χ3v) is 11.2. The van der Waals surface area contributed by atoms with Gasteiger partial charge in [0, 0.05) is 51.8 Å². The van der Waals surface area contributed by atoms with Gasteiger partial charge in [-0.2, -0.15) is 0 Å². The first-order valence-electron chi connectivity index (χ1n) is 20.1. The fourth-order valence-electron chi connectivity index (χ4n) is 7.99. The van der Waals surface area contributed by atoms with E-state index < -0.39 is 6.10 Å². The van der Waals surface area contributed by atoms with Gasteiger partial charge >= 0.3 is 0 Å². The van der Waals surface area contributed by atoms with Crippen LogP contribution in [0.2, 0.25) is 0 Å². The van der Waals surface area contributed by atoms with E-state index in [1.165, 1.54) is 12.1 Å². The van der Waals surface area contributed by atoms with Crippen molar-refractivity contribution < 1.29 is 44.5 Å². The van der Waals surface area contributed by atoms with Crippen molar-refractivity contribution in [3.63, 3.8) is 0 Å². The zero-order valence-corrected chi connectivity index (χ0v) is 35.1. The first kappa shape index (κ1) is 41.0. The highest BCUT2D eigenvalue weighted by atomic mass is 16.5. The monoisotopic (exact) mass is 798 g/mol. The van der Waals surface area contributed by atoms with Crippen LogP contribution in [-0.2, 0) is 32.1 Å². The summed E-state index contributed by atoms with van der Waals surface area (Å²) >= 11 is 0.